The lowest BCUT2D eigenvalue weighted by atomic mass is 10.00. The third kappa shape index (κ3) is 3.71. The van der Waals surface area contributed by atoms with Crippen LogP contribution in [0, 0.1) is 0 Å². The van der Waals surface area contributed by atoms with Crippen LogP contribution in [0.3, 0.4) is 0 Å². The Morgan fingerprint density at radius 2 is 1.61 bits per heavy atom. The van der Waals surface area contributed by atoms with Gasteiger partial charge in [-0.15, -0.1) is 0 Å². The maximum Gasteiger partial charge on any atom is 0.241 e. The van der Waals surface area contributed by atoms with Crippen molar-refractivity contribution in [1.82, 2.24) is 4.90 Å². The van der Waals surface area contributed by atoms with E-state index in [1.807, 2.05) is 59.5 Å². The molecule has 0 spiro atoms. The van der Waals surface area contributed by atoms with Gasteiger partial charge in [-0.3, -0.25) is 9.69 Å². The summed E-state index contributed by atoms with van der Waals surface area (Å²) in [6.07, 6.45) is 0. The Morgan fingerprint density at radius 1 is 0.964 bits per heavy atom. The number of carbonyl (C=O) groups is 1. The number of nitrogens with zero attached hydrogens (tertiary/aromatic N) is 2. The molecule has 0 radical (unpaired) electrons. The summed E-state index contributed by atoms with van der Waals surface area (Å²) < 4.78 is 24.9. The van der Waals surface area contributed by atoms with Crippen molar-refractivity contribution in [2.45, 2.75) is 38.4 Å². The first-order valence-electron chi connectivity index (χ1n) is 9.74. The van der Waals surface area contributed by atoms with Crippen molar-refractivity contribution >= 4 is 21.4 Å². The highest BCUT2D eigenvalue weighted by molar-refractivity contribution is 7.91. The molecule has 2 aliphatic rings. The molecule has 28 heavy (non-hydrogen) atoms. The number of rotatable bonds is 4. The molecule has 0 unspecified atom stereocenters. The van der Waals surface area contributed by atoms with Crippen LogP contribution >= 0.6 is 0 Å². The highest BCUT2D eigenvalue weighted by atomic mass is 32.2. The van der Waals surface area contributed by atoms with E-state index in [2.05, 4.69) is 13.8 Å². The van der Waals surface area contributed by atoms with Gasteiger partial charge in [-0.2, -0.15) is 0 Å². The number of amides is 1. The summed E-state index contributed by atoms with van der Waals surface area (Å²) >= 11 is 0. The van der Waals surface area contributed by atoms with Gasteiger partial charge in [0.25, 0.3) is 0 Å². The molecule has 2 heterocycles. The minimum atomic E-state index is -3.18. The molecule has 0 aliphatic carbocycles. The number of piperazine rings is 1. The third-order valence-electron chi connectivity index (χ3n) is 5.77. The van der Waals surface area contributed by atoms with Gasteiger partial charge in [-0.05, 0) is 29.2 Å². The molecular weight excluding hydrogens is 372 g/mol. The molecule has 5 nitrogen and oxygen atoms in total. The fraction of sp³-hybridized carbons (Fsp3) is 0.409. The monoisotopic (exact) mass is 398 g/mol. The van der Waals surface area contributed by atoms with Gasteiger partial charge in [-0.25, -0.2) is 8.42 Å². The first-order valence-corrected chi connectivity index (χ1v) is 11.6. The van der Waals surface area contributed by atoms with Crippen LogP contribution in [0.4, 0.5) is 5.69 Å². The fourth-order valence-electron chi connectivity index (χ4n) is 4.30. The topological polar surface area (TPSA) is 57.7 Å². The van der Waals surface area contributed by atoms with Crippen molar-refractivity contribution in [3.8, 4) is 0 Å². The standard InChI is InChI=1S/C22H26N2O3S/c1-16(2)18-8-10-19(11-9-18)24-21-15-28(26,27)14-20(21)23(13-22(24)25)12-17-6-4-3-5-7-17/h3-11,16,20-21H,12-15H2,1-2H3/t20-,21+/m1/s1. The Balaban J connectivity index is 1.64. The molecule has 4 rings (SSSR count). The molecule has 2 atom stereocenters. The van der Waals surface area contributed by atoms with Crippen molar-refractivity contribution < 1.29 is 13.2 Å². The smallest absolute Gasteiger partial charge is 0.241 e. The first-order chi connectivity index (χ1) is 13.3. The summed E-state index contributed by atoms with van der Waals surface area (Å²) in [5, 5.41) is 0. The lowest BCUT2D eigenvalue weighted by Gasteiger charge is -2.43. The van der Waals surface area contributed by atoms with E-state index in [0.29, 0.717) is 12.5 Å². The Hall–Kier alpha value is -2.18. The largest absolute Gasteiger partial charge is 0.306 e. The van der Waals surface area contributed by atoms with E-state index in [1.54, 1.807) is 4.90 Å². The zero-order chi connectivity index (χ0) is 19.9. The number of sulfone groups is 1. The first kappa shape index (κ1) is 19.2. The van der Waals surface area contributed by atoms with Crippen LogP contribution in [0.2, 0.25) is 0 Å². The molecule has 0 bridgehead atoms. The third-order valence-corrected chi connectivity index (χ3v) is 7.47. The van der Waals surface area contributed by atoms with Crippen molar-refractivity contribution in [3.05, 3.63) is 65.7 Å². The zero-order valence-corrected chi connectivity index (χ0v) is 17.1. The van der Waals surface area contributed by atoms with E-state index in [0.717, 1.165) is 11.3 Å². The van der Waals surface area contributed by atoms with Crippen LogP contribution in [0.1, 0.15) is 30.9 Å². The number of hydrogen-bond donors (Lipinski definition) is 0. The average molecular weight is 399 g/mol. The molecule has 2 aliphatic heterocycles. The highest BCUT2D eigenvalue weighted by Gasteiger charge is 2.49. The van der Waals surface area contributed by atoms with Crippen LogP contribution in [0.25, 0.3) is 0 Å². The number of hydrogen-bond acceptors (Lipinski definition) is 4. The maximum absolute atomic E-state index is 13.1. The maximum atomic E-state index is 13.1. The van der Waals surface area contributed by atoms with Crippen LogP contribution in [0.15, 0.2) is 54.6 Å². The van der Waals surface area contributed by atoms with Crippen molar-refractivity contribution in [2.24, 2.45) is 0 Å². The Kier molecular flexibility index (Phi) is 5.02. The minimum Gasteiger partial charge on any atom is -0.306 e. The van der Waals surface area contributed by atoms with E-state index in [9.17, 15) is 13.2 Å². The quantitative estimate of drug-likeness (QED) is 0.795. The number of benzene rings is 2. The molecule has 2 aromatic carbocycles. The van der Waals surface area contributed by atoms with Gasteiger partial charge in [0.1, 0.15) is 0 Å². The molecule has 1 amide bonds. The average Bonchev–Trinajstić information content (AvgIpc) is 2.98. The van der Waals surface area contributed by atoms with Gasteiger partial charge in [-0.1, -0.05) is 56.3 Å². The summed E-state index contributed by atoms with van der Waals surface area (Å²) in [5.74, 6) is 0.512. The molecular formula is C22H26N2O3S. The Morgan fingerprint density at radius 3 is 2.25 bits per heavy atom. The second kappa shape index (κ2) is 7.33. The number of anilines is 1. The predicted molar refractivity (Wildman–Crippen MR) is 111 cm³/mol. The van der Waals surface area contributed by atoms with Crippen molar-refractivity contribution in [2.75, 3.05) is 23.0 Å². The normalized spacial score (nSPS) is 24.5. The van der Waals surface area contributed by atoms with Crippen LogP contribution in [-0.4, -0.2) is 49.4 Å². The number of fused-ring (bicyclic) bond motifs is 1. The second-order valence-electron chi connectivity index (χ2n) is 8.11. The summed E-state index contributed by atoms with van der Waals surface area (Å²) in [7, 11) is -3.18. The molecule has 0 aromatic heterocycles. The van der Waals surface area contributed by atoms with E-state index < -0.39 is 9.84 Å². The molecule has 0 N–H and O–H groups in total. The lowest BCUT2D eigenvalue weighted by molar-refractivity contribution is -0.123. The summed E-state index contributed by atoms with van der Waals surface area (Å²) in [6, 6.07) is 17.4. The van der Waals surface area contributed by atoms with E-state index in [1.165, 1.54) is 5.56 Å². The van der Waals surface area contributed by atoms with Crippen molar-refractivity contribution in [1.29, 1.82) is 0 Å². The van der Waals surface area contributed by atoms with Crippen LogP contribution < -0.4 is 4.90 Å². The Bertz CT molecular complexity index is 955. The summed E-state index contributed by atoms with van der Waals surface area (Å²) in [6.45, 7) is 5.07. The van der Waals surface area contributed by atoms with Gasteiger partial charge in [0, 0.05) is 18.3 Å². The molecule has 2 saturated heterocycles. The minimum absolute atomic E-state index is 0.0284. The van der Waals surface area contributed by atoms with Crippen LogP contribution in [-0.2, 0) is 21.2 Å². The SMILES string of the molecule is CC(C)c1ccc(N2C(=O)CN(Cc3ccccc3)[C@@H]3CS(=O)(=O)C[C@@H]32)cc1. The molecule has 0 saturated carbocycles. The van der Waals surface area contributed by atoms with Crippen LogP contribution in [0.5, 0.6) is 0 Å². The van der Waals surface area contributed by atoms with Crippen molar-refractivity contribution in [3.63, 3.8) is 0 Å². The zero-order valence-electron chi connectivity index (χ0n) is 16.3. The number of carbonyl (C=O) groups excluding carboxylic acids is 1. The summed E-state index contributed by atoms with van der Waals surface area (Å²) in [5.41, 5.74) is 3.09. The van der Waals surface area contributed by atoms with Gasteiger partial charge in [0.15, 0.2) is 9.84 Å². The second-order valence-corrected chi connectivity index (χ2v) is 10.3. The lowest BCUT2D eigenvalue weighted by Crippen LogP contribution is -2.61. The van der Waals surface area contributed by atoms with Gasteiger partial charge in [0.2, 0.25) is 5.91 Å². The summed E-state index contributed by atoms with van der Waals surface area (Å²) in [4.78, 5) is 16.8. The molecule has 2 aromatic rings. The van der Waals surface area contributed by atoms with Gasteiger partial charge < -0.3 is 4.90 Å². The molecule has 148 valence electrons. The van der Waals surface area contributed by atoms with Gasteiger partial charge >= 0.3 is 0 Å². The van der Waals surface area contributed by atoms with Gasteiger partial charge in [0.05, 0.1) is 24.1 Å². The highest BCUT2D eigenvalue weighted by Crippen LogP contribution is 2.33. The fourth-order valence-corrected chi connectivity index (χ4v) is 6.29. The van der Waals surface area contributed by atoms with E-state index in [4.69, 9.17) is 0 Å². The Labute approximate surface area is 166 Å². The predicted octanol–water partition coefficient (Wildman–Crippen LogP) is 2.82. The van der Waals surface area contributed by atoms with E-state index >= 15 is 0 Å². The molecule has 6 heteroatoms. The van der Waals surface area contributed by atoms with E-state index in [-0.39, 0.29) is 36.0 Å². The molecule has 2 fully saturated rings.